The van der Waals surface area contributed by atoms with Gasteiger partial charge in [0.1, 0.15) is 0 Å². The van der Waals surface area contributed by atoms with Gasteiger partial charge in [0.05, 0.1) is 12.7 Å². The first-order chi connectivity index (χ1) is 12.8. The number of hydrogen-bond acceptors (Lipinski definition) is 4. The molecular weight excluding hydrogens is 330 g/mol. The van der Waals surface area contributed by atoms with Crippen LogP contribution in [0.25, 0.3) is 0 Å². The van der Waals surface area contributed by atoms with Crippen molar-refractivity contribution in [1.29, 1.82) is 0 Å². The summed E-state index contributed by atoms with van der Waals surface area (Å²) in [5.41, 5.74) is 0.372. The summed E-state index contributed by atoms with van der Waals surface area (Å²) in [5, 5.41) is 6.94. The Morgan fingerprint density at radius 3 is 2.69 bits per heavy atom. The van der Waals surface area contributed by atoms with E-state index in [4.69, 9.17) is 14.2 Å². The fraction of sp³-hybridized carbons (Fsp3) is 0.950. The first kappa shape index (κ1) is 21.5. The van der Waals surface area contributed by atoms with Crippen LogP contribution >= 0.6 is 0 Å². The molecule has 0 aromatic heterocycles. The molecular formula is C20H39N3O3. The molecule has 0 aromatic rings. The van der Waals surface area contributed by atoms with E-state index in [2.05, 4.69) is 22.5 Å². The molecule has 6 heteroatoms. The maximum Gasteiger partial charge on any atom is 0.190 e. The van der Waals surface area contributed by atoms with Gasteiger partial charge in [0, 0.05) is 46.6 Å². The highest BCUT2D eigenvalue weighted by Crippen LogP contribution is 2.40. The Bertz CT molecular complexity index is 392. The van der Waals surface area contributed by atoms with Crippen molar-refractivity contribution in [1.82, 2.24) is 10.6 Å². The fourth-order valence-corrected chi connectivity index (χ4v) is 3.94. The Morgan fingerprint density at radius 1 is 1.15 bits per heavy atom. The summed E-state index contributed by atoms with van der Waals surface area (Å²) in [6.45, 7) is 7.98. The Kier molecular flexibility index (Phi) is 10.3. The molecule has 1 unspecified atom stereocenters. The second-order valence-electron chi connectivity index (χ2n) is 7.57. The minimum atomic E-state index is 0.316. The molecule has 6 nitrogen and oxygen atoms in total. The highest BCUT2D eigenvalue weighted by molar-refractivity contribution is 5.79. The number of hydrogen-bond donors (Lipinski definition) is 2. The van der Waals surface area contributed by atoms with Gasteiger partial charge in [-0.2, -0.15) is 0 Å². The number of ether oxygens (including phenoxy) is 3. The highest BCUT2D eigenvalue weighted by atomic mass is 16.5. The average molecular weight is 370 g/mol. The van der Waals surface area contributed by atoms with Crippen LogP contribution in [0.3, 0.4) is 0 Å². The van der Waals surface area contributed by atoms with Gasteiger partial charge in [-0.25, -0.2) is 0 Å². The van der Waals surface area contributed by atoms with E-state index in [9.17, 15) is 0 Å². The van der Waals surface area contributed by atoms with E-state index >= 15 is 0 Å². The predicted molar refractivity (Wildman–Crippen MR) is 106 cm³/mol. The van der Waals surface area contributed by atoms with Gasteiger partial charge in [0.15, 0.2) is 5.96 Å². The van der Waals surface area contributed by atoms with E-state index in [1.165, 1.54) is 32.1 Å². The quantitative estimate of drug-likeness (QED) is 0.315. The van der Waals surface area contributed by atoms with Gasteiger partial charge < -0.3 is 24.8 Å². The maximum absolute atomic E-state index is 5.71. The van der Waals surface area contributed by atoms with Crippen LogP contribution in [-0.2, 0) is 14.2 Å². The van der Waals surface area contributed by atoms with E-state index in [1.807, 2.05) is 7.05 Å². The molecule has 2 aliphatic rings. The molecule has 2 fully saturated rings. The molecule has 0 spiro atoms. The van der Waals surface area contributed by atoms with Gasteiger partial charge in [0.25, 0.3) is 0 Å². The van der Waals surface area contributed by atoms with Crippen molar-refractivity contribution in [2.75, 3.05) is 53.2 Å². The summed E-state index contributed by atoms with van der Waals surface area (Å²) in [6.07, 6.45) is 10.00. The topological polar surface area (TPSA) is 64.1 Å². The lowest BCUT2D eigenvalue weighted by Gasteiger charge is -2.30. The Morgan fingerprint density at radius 2 is 2.00 bits per heavy atom. The lowest BCUT2D eigenvalue weighted by molar-refractivity contribution is 0.0168. The van der Waals surface area contributed by atoms with Gasteiger partial charge >= 0.3 is 0 Å². The summed E-state index contributed by atoms with van der Waals surface area (Å²) in [6, 6.07) is 0. The SMILES string of the molecule is CCOCCC1(CNC(=NC)NCCCOCC2CCCO2)CCCC1. The van der Waals surface area contributed by atoms with Crippen molar-refractivity contribution in [3.63, 3.8) is 0 Å². The molecule has 1 aliphatic heterocycles. The third kappa shape index (κ3) is 7.80. The molecule has 1 saturated heterocycles. The first-order valence-electron chi connectivity index (χ1n) is 10.5. The van der Waals surface area contributed by atoms with E-state index in [-0.39, 0.29) is 0 Å². The van der Waals surface area contributed by atoms with Gasteiger partial charge in [-0.05, 0) is 50.9 Å². The van der Waals surface area contributed by atoms with Crippen LogP contribution in [0.2, 0.25) is 0 Å². The lowest BCUT2D eigenvalue weighted by atomic mass is 9.83. The smallest absolute Gasteiger partial charge is 0.190 e. The van der Waals surface area contributed by atoms with Crippen LogP contribution < -0.4 is 10.6 Å². The van der Waals surface area contributed by atoms with Crippen molar-refractivity contribution in [3.05, 3.63) is 0 Å². The number of rotatable bonds is 12. The van der Waals surface area contributed by atoms with Crippen LogP contribution in [0.15, 0.2) is 4.99 Å². The normalized spacial score (nSPS) is 22.7. The Labute approximate surface area is 159 Å². The van der Waals surface area contributed by atoms with Gasteiger partial charge in [0.2, 0.25) is 0 Å². The molecule has 1 heterocycles. The summed E-state index contributed by atoms with van der Waals surface area (Å²) < 4.78 is 16.9. The summed E-state index contributed by atoms with van der Waals surface area (Å²) in [4.78, 5) is 4.36. The van der Waals surface area contributed by atoms with E-state index in [0.29, 0.717) is 11.5 Å². The number of nitrogens with one attached hydrogen (secondary N) is 2. The third-order valence-corrected chi connectivity index (χ3v) is 5.59. The van der Waals surface area contributed by atoms with Gasteiger partial charge in [-0.3, -0.25) is 4.99 Å². The van der Waals surface area contributed by atoms with Gasteiger partial charge in [-0.15, -0.1) is 0 Å². The van der Waals surface area contributed by atoms with Crippen molar-refractivity contribution in [2.45, 2.75) is 64.4 Å². The molecule has 1 aliphatic carbocycles. The molecule has 2 N–H and O–H groups in total. The average Bonchev–Trinajstić information content (AvgIpc) is 3.33. The van der Waals surface area contributed by atoms with Crippen molar-refractivity contribution in [2.24, 2.45) is 10.4 Å². The number of nitrogens with zero attached hydrogens (tertiary/aromatic N) is 1. The fourth-order valence-electron chi connectivity index (χ4n) is 3.94. The molecule has 152 valence electrons. The van der Waals surface area contributed by atoms with Crippen molar-refractivity contribution < 1.29 is 14.2 Å². The van der Waals surface area contributed by atoms with Crippen LogP contribution in [0.5, 0.6) is 0 Å². The summed E-state index contributed by atoms with van der Waals surface area (Å²) in [7, 11) is 1.84. The van der Waals surface area contributed by atoms with Gasteiger partial charge in [-0.1, -0.05) is 12.8 Å². The van der Waals surface area contributed by atoms with E-state index < -0.39 is 0 Å². The molecule has 0 amide bonds. The minimum Gasteiger partial charge on any atom is -0.382 e. The lowest BCUT2D eigenvalue weighted by Crippen LogP contribution is -2.43. The Balaban J connectivity index is 1.57. The number of guanidine groups is 1. The van der Waals surface area contributed by atoms with E-state index in [1.54, 1.807) is 0 Å². The number of aliphatic imine (C=N–C) groups is 1. The Hall–Kier alpha value is -0.850. The van der Waals surface area contributed by atoms with Crippen LogP contribution in [0.4, 0.5) is 0 Å². The second-order valence-corrected chi connectivity index (χ2v) is 7.57. The third-order valence-electron chi connectivity index (χ3n) is 5.59. The highest BCUT2D eigenvalue weighted by Gasteiger charge is 2.33. The summed E-state index contributed by atoms with van der Waals surface area (Å²) in [5.74, 6) is 0.895. The minimum absolute atomic E-state index is 0.316. The standard InChI is InChI=1S/C20H39N3O3/c1-3-24-15-11-20(9-4-5-10-20)17-23-19(21-2)22-12-7-13-25-16-18-8-6-14-26-18/h18H,3-17H2,1-2H3,(H2,21,22,23). The zero-order chi connectivity index (χ0) is 18.5. The molecule has 0 aromatic carbocycles. The largest absolute Gasteiger partial charge is 0.382 e. The monoisotopic (exact) mass is 369 g/mol. The van der Waals surface area contributed by atoms with E-state index in [0.717, 1.165) is 71.3 Å². The molecule has 2 rings (SSSR count). The van der Waals surface area contributed by atoms with Crippen LogP contribution in [-0.4, -0.2) is 65.2 Å². The molecule has 0 radical (unpaired) electrons. The van der Waals surface area contributed by atoms with Crippen molar-refractivity contribution >= 4 is 5.96 Å². The summed E-state index contributed by atoms with van der Waals surface area (Å²) >= 11 is 0. The van der Waals surface area contributed by atoms with Crippen LogP contribution in [0.1, 0.15) is 58.3 Å². The zero-order valence-electron chi connectivity index (χ0n) is 16.9. The first-order valence-corrected chi connectivity index (χ1v) is 10.5. The van der Waals surface area contributed by atoms with Crippen molar-refractivity contribution in [3.8, 4) is 0 Å². The molecule has 1 atom stereocenters. The molecule has 26 heavy (non-hydrogen) atoms. The maximum atomic E-state index is 5.71. The second kappa shape index (κ2) is 12.5. The predicted octanol–water partition coefficient (Wildman–Crippen LogP) is 2.72. The zero-order valence-corrected chi connectivity index (χ0v) is 16.9. The molecule has 1 saturated carbocycles. The van der Waals surface area contributed by atoms with Crippen LogP contribution in [0, 0.1) is 5.41 Å². The molecule has 0 bridgehead atoms.